The predicted molar refractivity (Wildman–Crippen MR) is 62.6 cm³/mol. The third-order valence-corrected chi connectivity index (χ3v) is 2.82. The molecule has 2 aromatic rings. The summed E-state index contributed by atoms with van der Waals surface area (Å²) in [5.41, 5.74) is -2.66. The Morgan fingerprint density at radius 2 is 1.25 bits per heavy atom. The van der Waals surface area contributed by atoms with Gasteiger partial charge in [-0.3, -0.25) is 0 Å². The molecule has 0 amide bonds. The molecule has 0 spiro atoms. The Morgan fingerprint density at radius 1 is 0.792 bits per heavy atom. The zero-order chi connectivity index (χ0) is 18.2. The summed E-state index contributed by atoms with van der Waals surface area (Å²) < 4.78 is 108. The van der Waals surface area contributed by atoms with E-state index < -0.39 is 58.1 Å². The Bertz CT molecular complexity index is 784. The summed E-state index contributed by atoms with van der Waals surface area (Å²) in [6.07, 6.45) is -5.01. The van der Waals surface area contributed by atoms with E-state index in [0.29, 0.717) is 12.1 Å². The molecule has 0 aromatic heterocycles. The fourth-order valence-corrected chi connectivity index (χ4v) is 1.73. The maximum absolute atomic E-state index is 13.4. The molecule has 0 bridgehead atoms. The minimum absolute atomic E-state index is 0.481. The highest BCUT2D eigenvalue weighted by Gasteiger charge is 2.36. The van der Waals surface area contributed by atoms with Crippen molar-refractivity contribution < 1.29 is 44.7 Å². The monoisotopic (exact) mass is 356 g/mol. The van der Waals surface area contributed by atoms with Crippen molar-refractivity contribution in [2.75, 3.05) is 0 Å². The first-order valence-electron chi connectivity index (χ1n) is 5.95. The van der Waals surface area contributed by atoms with Crippen molar-refractivity contribution in [2.45, 2.75) is 6.18 Å². The van der Waals surface area contributed by atoms with Crippen LogP contribution in [0.25, 0.3) is 0 Å². The van der Waals surface area contributed by atoms with Crippen molar-refractivity contribution in [3.63, 3.8) is 0 Å². The number of halogens is 8. The first-order chi connectivity index (χ1) is 11.1. The van der Waals surface area contributed by atoms with Gasteiger partial charge in [0, 0.05) is 0 Å². The number of benzene rings is 2. The van der Waals surface area contributed by atoms with Gasteiger partial charge in [0.25, 0.3) is 0 Å². The largest absolute Gasteiger partial charge is 0.417 e. The fraction of sp³-hybridized carbons (Fsp3) is 0.0714. The van der Waals surface area contributed by atoms with Gasteiger partial charge in [0.2, 0.25) is 34.8 Å². The first kappa shape index (κ1) is 17.7. The van der Waals surface area contributed by atoms with Crippen LogP contribution in [0.1, 0.15) is 15.9 Å². The van der Waals surface area contributed by atoms with E-state index in [1.54, 1.807) is 0 Å². The normalized spacial score (nSPS) is 11.5. The molecule has 0 fully saturated rings. The highest BCUT2D eigenvalue weighted by molar-refractivity contribution is 5.92. The van der Waals surface area contributed by atoms with E-state index in [9.17, 15) is 39.9 Å². The Labute approximate surface area is 128 Å². The zero-order valence-corrected chi connectivity index (χ0v) is 11.1. The summed E-state index contributed by atoms with van der Waals surface area (Å²) in [5.74, 6) is -16.2. The first-order valence-corrected chi connectivity index (χ1v) is 5.95. The molecule has 0 aliphatic heterocycles. The van der Waals surface area contributed by atoms with Crippen molar-refractivity contribution >= 4 is 5.97 Å². The lowest BCUT2D eigenvalue weighted by atomic mass is 10.1. The van der Waals surface area contributed by atoms with Crippen molar-refractivity contribution in [3.8, 4) is 5.75 Å². The number of hydrogen-bond acceptors (Lipinski definition) is 2. The van der Waals surface area contributed by atoms with Gasteiger partial charge in [-0.1, -0.05) is 12.1 Å². The molecule has 0 saturated carbocycles. The van der Waals surface area contributed by atoms with Crippen LogP contribution in [-0.2, 0) is 6.18 Å². The number of carbonyl (C=O) groups is 1. The van der Waals surface area contributed by atoms with Crippen LogP contribution in [-0.4, -0.2) is 5.97 Å². The molecule has 0 aliphatic carbocycles. The highest BCUT2D eigenvalue weighted by atomic mass is 19.4. The maximum atomic E-state index is 13.4. The second-order valence-corrected chi connectivity index (χ2v) is 4.33. The summed E-state index contributed by atoms with van der Waals surface area (Å²) in [6, 6.07) is 3.02. The van der Waals surface area contributed by atoms with Gasteiger partial charge in [-0.25, -0.2) is 18.0 Å². The molecular weight excluding hydrogens is 352 g/mol. The minimum Gasteiger partial charge on any atom is -0.416 e. The Kier molecular flexibility index (Phi) is 4.50. The molecular formula is C14H4F8O2. The molecule has 128 valence electrons. The van der Waals surface area contributed by atoms with Crippen LogP contribution in [0.3, 0.4) is 0 Å². The third-order valence-electron chi connectivity index (χ3n) is 2.82. The topological polar surface area (TPSA) is 26.3 Å². The van der Waals surface area contributed by atoms with E-state index in [2.05, 4.69) is 4.74 Å². The van der Waals surface area contributed by atoms with Crippen LogP contribution in [0.4, 0.5) is 35.1 Å². The average molecular weight is 356 g/mol. The third kappa shape index (κ3) is 3.03. The van der Waals surface area contributed by atoms with Gasteiger partial charge in [-0.05, 0) is 12.1 Å². The van der Waals surface area contributed by atoms with Crippen LogP contribution in [0, 0.1) is 29.1 Å². The molecule has 2 rings (SSSR count). The van der Waals surface area contributed by atoms with Crippen LogP contribution in [0.5, 0.6) is 5.75 Å². The summed E-state index contributed by atoms with van der Waals surface area (Å²) in [6.45, 7) is 0. The average Bonchev–Trinajstić information content (AvgIpc) is 2.54. The van der Waals surface area contributed by atoms with E-state index in [-0.39, 0.29) is 0 Å². The lowest BCUT2D eigenvalue weighted by Gasteiger charge is -2.13. The number of alkyl halides is 3. The number of carbonyl (C=O) groups excluding carboxylic acids is 1. The summed E-state index contributed by atoms with van der Waals surface area (Å²) in [5, 5.41) is 0. The van der Waals surface area contributed by atoms with Crippen molar-refractivity contribution in [3.05, 3.63) is 64.5 Å². The van der Waals surface area contributed by atoms with Crippen LogP contribution < -0.4 is 4.74 Å². The maximum Gasteiger partial charge on any atom is 0.417 e. The second kappa shape index (κ2) is 6.10. The molecule has 0 aliphatic rings. The molecule has 0 unspecified atom stereocenters. The minimum atomic E-state index is -5.01. The van der Waals surface area contributed by atoms with E-state index in [1.807, 2.05) is 0 Å². The van der Waals surface area contributed by atoms with Gasteiger partial charge in [0.1, 0.15) is 0 Å². The summed E-state index contributed by atoms with van der Waals surface area (Å²) >= 11 is 0. The van der Waals surface area contributed by atoms with Gasteiger partial charge in [-0.2, -0.15) is 22.0 Å². The van der Waals surface area contributed by atoms with Crippen molar-refractivity contribution in [1.82, 2.24) is 0 Å². The number of hydrogen-bond donors (Lipinski definition) is 0. The Hall–Kier alpha value is -2.65. The molecule has 10 heteroatoms. The SMILES string of the molecule is O=C(Oc1c(F)c(F)c(F)c(F)c1F)c1ccccc1C(F)(F)F. The van der Waals surface area contributed by atoms with Gasteiger partial charge >= 0.3 is 12.1 Å². The van der Waals surface area contributed by atoms with Crippen LogP contribution >= 0.6 is 0 Å². The second-order valence-electron chi connectivity index (χ2n) is 4.33. The van der Waals surface area contributed by atoms with Crippen molar-refractivity contribution in [1.29, 1.82) is 0 Å². The van der Waals surface area contributed by atoms with E-state index in [4.69, 9.17) is 0 Å². The molecule has 24 heavy (non-hydrogen) atoms. The van der Waals surface area contributed by atoms with E-state index in [1.165, 1.54) is 0 Å². The van der Waals surface area contributed by atoms with E-state index >= 15 is 0 Å². The Balaban J connectivity index is 2.50. The van der Waals surface area contributed by atoms with E-state index in [0.717, 1.165) is 12.1 Å². The van der Waals surface area contributed by atoms with Gasteiger partial charge in [0.05, 0.1) is 11.1 Å². The molecule has 0 radical (unpaired) electrons. The highest BCUT2D eigenvalue weighted by Crippen LogP contribution is 2.34. The molecule has 2 nitrogen and oxygen atoms in total. The molecule has 0 atom stereocenters. The number of esters is 1. The van der Waals surface area contributed by atoms with Crippen molar-refractivity contribution in [2.24, 2.45) is 0 Å². The quantitative estimate of drug-likeness (QED) is 0.258. The predicted octanol–water partition coefficient (Wildman–Crippen LogP) is 4.62. The standard InChI is InChI=1S/C14H4F8O2/c15-7-8(16)10(18)12(11(19)9(7)17)24-13(23)5-3-1-2-4-6(5)14(20,21)22/h1-4H. The zero-order valence-electron chi connectivity index (χ0n) is 11.1. The lowest BCUT2D eigenvalue weighted by molar-refractivity contribution is -0.138. The molecule has 0 N–H and O–H groups in total. The molecule has 0 saturated heterocycles. The van der Waals surface area contributed by atoms with Gasteiger partial charge < -0.3 is 4.74 Å². The van der Waals surface area contributed by atoms with Gasteiger partial charge in [-0.15, -0.1) is 0 Å². The summed E-state index contributed by atoms with van der Waals surface area (Å²) in [4.78, 5) is 11.7. The van der Waals surface area contributed by atoms with Crippen LogP contribution in [0.15, 0.2) is 24.3 Å². The van der Waals surface area contributed by atoms with Gasteiger partial charge in [0.15, 0.2) is 0 Å². The summed E-state index contributed by atoms with van der Waals surface area (Å²) in [7, 11) is 0. The number of rotatable bonds is 2. The lowest BCUT2D eigenvalue weighted by Crippen LogP contribution is -2.18. The Morgan fingerprint density at radius 3 is 1.75 bits per heavy atom. The fourth-order valence-electron chi connectivity index (χ4n) is 1.73. The number of ether oxygens (including phenoxy) is 1. The molecule has 2 aromatic carbocycles. The van der Waals surface area contributed by atoms with Crippen LogP contribution in [0.2, 0.25) is 0 Å². The molecule has 0 heterocycles. The smallest absolute Gasteiger partial charge is 0.416 e.